The highest BCUT2D eigenvalue weighted by Crippen LogP contribution is 2.30. The van der Waals surface area contributed by atoms with Crippen LogP contribution in [0, 0.1) is 17.4 Å². The van der Waals surface area contributed by atoms with E-state index in [0.717, 1.165) is 20.3 Å². The average Bonchev–Trinajstić information content (AvgIpc) is 2.18. The minimum atomic E-state index is 0.468. The van der Waals surface area contributed by atoms with Crippen molar-refractivity contribution in [3.05, 3.63) is 36.8 Å². The Hall–Kier alpha value is -0.780. The molecule has 0 aromatic heterocycles. The zero-order chi connectivity index (χ0) is 10.7. The maximum Gasteiger partial charge on any atom is 0.0447 e. The molecule has 5 heteroatoms. The van der Waals surface area contributed by atoms with Crippen LogP contribution in [0.25, 0.3) is 10.4 Å². The SMILES string of the molecule is Cc1c(I)cc(CN)c(C)c1N=[N+]=[N-]. The van der Waals surface area contributed by atoms with E-state index in [1.165, 1.54) is 0 Å². The molecule has 14 heavy (non-hydrogen) atoms. The van der Waals surface area contributed by atoms with Gasteiger partial charge in [-0.1, -0.05) is 5.11 Å². The lowest BCUT2D eigenvalue weighted by Crippen LogP contribution is -2.01. The van der Waals surface area contributed by atoms with Crippen LogP contribution in [0.4, 0.5) is 5.69 Å². The molecule has 1 aromatic carbocycles. The smallest absolute Gasteiger partial charge is 0.0447 e. The molecule has 0 aliphatic heterocycles. The highest BCUT2D eigenvalue weighted by atomic mass is 127. The van der Waals surface area contributed by atoms with E-state index < -0.39 is 0 Å². The number of benzene rings is 1. The van der Waals surface area contributed by atoms with Gasteiger partial charge in [0.05, 0.1) is 0 Å². The molecular weight excluding hydrogens is 291 g/mol. The number of halogens is 1. The second-order valence-corrected chi connectivity index (χ2v) is 4.17. The summed E-state index contributed by atoms with van der Waals surface area (Å²) in [6.07, 6.45) is 0. The summed E-state index contributed by atoms with van der Waals surface area (Å²) in [5.41, 5.74) is 17.8. The van der Waals surface area contributed by atoms with Gasteiger partial charge in [0.1, 0.15) is 0 Å². The fourth-order valence-corrected chi connectivity index (χ4v) is 1.95. The molecule has 0 spiro atoms. The number of hydrogen-bond acceptors (Lipinski definition) is 2. The number of hydrogen-bond donors (Lipinski definition) is 1. The van der Waals surface area contributed by atoms with Gasteiger partial charge in [-0.25, -0.2) is 0 Å². The van der Waals surface area contributed by atoms with Crippen LogP contribution in [0.5, 0.6) is 0 Å². The Balaban J connectivity index is 3.52. The molecule has 0 aliphatic carbocycles. The molecule has 0 bridgehead atoms. The van der Waals surface area contributed by atoms with Crippen molar-refractivity contribution >= 4 is 28.3 Å². The predicted molar refractivity (Wildman–Crippen MR) is 65.3 cm³/mol. The Morgan fingerprint density at radius 1 is 1.50 bits per heavy atom. The summed E-state index contributed by atoms with van der Waals surface area (Å²) in [6, 6.07) is 2.03. The summed E-state index contributed by atoms with van der Waals surface area (Å²) in [5, 5.41) is 3.70. The lowest BCUT2D eigenvalue weighted by Gasteiger charge is -2.11. The molecule has 0 radical (unpaired) electrons. The van der Waals surface area contributed by atoms with Gasteiger partial charge >= 0.3 is 0 Å². The van der Waals surface area contributed by atoms with Gasteiger partial charge in [0.2, 0.25) is 0 Å². The van der Waals surface area contributed by atoms with Gasteiger partial charge in [0.15, 0.2) is 0 Å². The summed E-state index contributed by atoms with van der Waals surface area (Å²) < 4.78 is 1.08. The Kier molecular flexibility index (Phi) is 3.74. The predicted octanol–water partition coefficient (Wildman–Crippen LogP) is 3.31. The van der Waals surface area contributed by atoms with Crippen LogP contribution >= 0.6 is 22.6 Å². The van der Waals surface area contributed by atoms with Crippen molar-refractivity contribution in [1.29, 1.82) is 0 Å². The zero-order valence-corrected chi connectivity index (χ0v) is 10.2. The van der Waals surface area contributed by atoms with E-state index in [-0.39, 0.29) is 0 Å². The molecule has 0 saturated carbocycles. The quantitative estimate of drug-likeness (QED) is 0.387. The summed E-state index contributed by atoms with van der Waals surface area (Å²) in [5.74, 6) is 0. The minimum Gasteiger partial charge on any atom is -0.326 e. The Labute approximate surface area is 96.3 Å². The lowest BCUT2D eigenvalue weighted by molar-refractivity contribution is 1.04. The molecule has 0 saturated heterocycles. The maximum atomic E-state index is 8.45. The average molecular weight is 302 g/mol. The van der Waals surface area contributed by atoms with Crippen LogP contribution in [0.1, 0.15) is 16.7 Å². The van der Waals surface area contributed by atoms with Gasteiger partial charge in [0, 0.05) is 20.7 Å². The fourth-order valence-electron chi connectivity index (χ4n) is 1.32. The van der Waals surface area contributed by atoms with Crippen molar-refractivity contribution in [2.24, 2.45) is 10.8 Å². The van der Waals surface area contributed by atoms with E-state index >= 15 is 0 Å². The standard InChI is InChI=1S/C9H11IN4/c1-5-7(4-11)3-8(10)6(2)9(5)13-14-12/h3H,4,11H2,1-2H3. The Morgan fingerprint density at radius 3 is 2.64 bits per heavy atom. The van der Waals surface area contributed by atoms with Crippen LogP contribution in [0.2, 0.25) is 0 Å². The molecule has 0 atom stereocenters. The van der Waals surface area contributed by atoms with Gasteiger partial charge in [-0.3, -0.25) is 0 Å². The van der Waals surface area contributed by atoms with Crippen LogP contribution < -0.4 is 5.73 Å². The minimum absolute atomic E-state index is 0.468. The van der Waals surface area contributed by atoms with Gasteiger partial charge in [-0.05, 0) is 64.7 Å². The first-order chi connectivity index (χ1) is 6.61. The third-order valence-corrected chi connectivity index (χ3v) is 3.34. The van der Waals surface area contributed by atoms with Crippen molar-refractivity contribution in [3.63, 3.8) is 0 Å². The summed E-state index contributed by atoms with van der Waals surface area (Å²) >= 11 is 2.22. The van der Waals surface area contributed by atoms with Gasteiger partial charge in [-0.2, -0.15) is 0 Å². The van der Waals surface area contributed by atoms with Gasteiger partial charge < -0.3 is 5.73 Å². The number of rotatable bonds is 2. The third-order valence-electron chi connectivity index (χ3n) is 2.22. The molecule has 0 unspecified atom stereocenters. The number of azide groups is 1. The monoisotopic (exact) mass is 302 g/mol. The normalized spacial score (nSPS) is 9.71. The molecule has 0 aliphatic rings. The molecule has 74 valence electrons. The molecule has 2 N–H and O–H groups in total. The van der Waals surface area contributed by atoms with E-state index in [0.29, 0.717) is 12.2 Å². The first kappa shape index (κ1) is 11.3. The Morgan fingerprint density at radius 2 is 2.14 bits per heavy atom. The largest absolute Gasteiger partial charge is 0.326 e. The molecule has 1 rings (SSSR count). The third kappa shape index (κ3) is 2.00. The maximum absolute atomic E-state index is 8.45. The highest BCUT2D eigenvalue weighted by molar-refractivity contribution is 14.1. The second kappa shape index (κ2) is 4.63. The van der Waals surface area contributed by atoms with Crippen molar-refractivity contribution < 1.29 is 0 Å². The van der Waals surface area contributed by atoms with Crippen LogP contribution in [0.15, 0.2) is 11.2 Å². The first-order valence-electron chi connectivity index (χ1n) is 4.15. The fraction of sp³-hybridized carbons (Fsp3) is 0.333. The van der Waals surface area contributed by atoms with Crippen molar-refractivity contribution in [1.82, 2.24) is 0 Å². The molecule has 1 aromatic rings. The summed E-state index contributed by atoms with van der Waals surface area (Å²) in [6.45, 7) is 4.34. The topological polar surface area (TPSA) is 74.8 Å². The van der Waals surface area contributed by atoms with Crippen LogP contribution in [-0.4, -0.2) is 0 Å². The number of nitrogens with two attached hydrogens (primary N) is 1. The lowest BCUT2D eigenvalue weighted by atomic mass is 10.0. The molecule has 0 heterocycles. The van der Waals surface area contributed by atoms with E-state index in [1.807, 2.05) is 19.9 Å². The second-order valence-electron chi connectivity index (χ2n) is 3.01. The van der Waals surface area contributed by atoms with E-state index in [2.05, 4.69) is 32.6 Å². The van der Waals surface area contributed by atoms with Crippen LogP contribution in [0.3, 0.4) is 0 Å². The highest BCUT2D eigenvalue weighted by Gasteiger charge is 2.08. The van der Waals surface area contributed by atoms with Crippen molar-refractivity contribution in [2.75, 3.05) is 0 Å². The molecule has 4 nitrogen and oxygen atoms in total. The molecule has 0 fully saturated rings. The van der Waals surface area contributed by atoms with Gasteiger partial charge in [-0.15, -0.1) is 0 Å². The van der Waals surface area contributed by atoms with Crippen LogP contribution in [-0.2, 0) is 6.54 Å². The Bertz CT molecular complexity index is 408. The zero-order valence-electron chi connectivity index (χ0n) is 8.08. The summed E-state index contributed by atoms with van der Waals surface area (Å²) in [4.78, 5) is 2.82. The van der Waals surface area contributed by atoms with E-state index in [1.54, 1.807) is 0 Å². The molecular formula is C9H11IN4. The summed E-state index contributed by atoms with van der Waals surface area (Å²) in [7, 11) is 0. The van der Waals surface area contributed by atoms with Crippen molar-refractivity contribution in [3.8, 4) is 0 Å². The van der Waals surface area contributed by atoms with E-state index in [9.17, 15) is 0 Å². The van der Waals surface area contributed by atoms with E-state index in [4.69, 9.17) is 11.3 Å². The molecule has 0 amide bonds. The first-order valence-corrected chi connectivity index (χ1v) is 5.23. The number of nitrogens with zero attached hydrogens (tertiary/aromatic N) is 3. The van der Waals surface area contributed by atoms with Crippen molar-refractivity contribution in [2.45, 2.75) is 20.4 Å². The van der Waals surface area contributed by atoms with Gasteiger partial charge in [0.25, 0.3) is 0 Å².